The second-order valence-corrected chi connectivity index (χ2v) is 6.49. The van der Waals surface area contributed by atoms with Gasteiger partial charge in [0.25, 0.3) is 0 Å². The average Bonchev–Trinajstić information content (AvgIpc) is 2.61. The molecule has 138 valence electrons. The summed E-state index contributed by atoms with van der Waals surface area (Å²) in [4.78, 5) is 13.7. The molecule has 1 aromatic carbocycles. The number of halogens is 3. The standard InChI is InChI=1S/C17H23F3N4O/c18-17(19,20)15(24-7-5-21-6-8-24)11-23-16(25)14-9-12-3-1-2-4-13(12)10-22-14/h1-4,14-15,21-22H,5-11H2,(H,23,25). The van der Waals surface area contributed by atoms with Crippen LogP contribution in [-0.2, 0) is 17.8 Å². The van der Waals surface area contributed by atoms with Crippen molar-refractivity contribution in [2.45, 2.75) is 31.2 Å². The van der Waals surface area contributed by atoms with E-state index in [0.717, 1.165) is 11.1 Å². The van der Waals surface area contributed by atoms with Gasteiger partial charge < -0.3 is 16.0 Å². The van der Waals surface area contributed by atoms with E-state index in [2.05, 4.69) is 16.0 Å². The fourth-order valence-corrected chi connectivity index (χ4v) is 3.41. The molecule has 0 bridgehead atoms. The lowest BCUT2D eigenvalue weighted by atomic mass is 9.95. The minimum Gasteiger partial charge on any atom is -0.353 e. The van der Waals surface area contributed by atoms with Gasteiger partial charge in [-0.25, -0.2) is 0 Å². The Morgan fingerprint density at radius 2 is 1.92 bits per heavy atom. The molecule has 5 nitrogen and oxygen atoms in total. The van der Waals surface area contributed by atoms with E-state index in [1.807, 2.05) is 24.3 Å². The molecule has 3 rings (SSSR count). The van der Waals surface area contributed by atoms with Crippen LogP contribution in [-0.4, -0.2) is 61.8 Å². The molecule has 2 unspecified atom stereocenters. The van der Waals surface area contributed by atoms with Crippen LogP contribution in [0.4, 0.5) is 13.2 Å². The average molecular weight is 356 g/mol. The summed E-state index contributed by atoms with van der Waals surface area (Å²) >= 11 is 0. The number of nitrogens with zero attached hydrogens (tertiary/aromatic N) is 1. The van der Waals surface area contributed by atoms with Gasteiger partial charge in [-0.05, 0) is 17.5 Å². The first-order valence-electron chi connectivity index (χ1n) is 8.54. The van der Waals surface area contributed by atoms with Gasteiger partial charge in [0.15, 0.2) is 0 Å². The predicted octanol–water partition coefficient (Wildman–Crippen LogP) is 0.653. The lowest BCUT2D eigenvalue weighted by molar-refractivity contribution is -0.184. The number of rotatable bonds is 4. The van der Waals surface area contributed by atoms with Crippen LogP contribution in [0.3, 0.4) is 0 Å². The van der Waals surface area contributed by atoms with Crippen LogP contribution in [0, 0.1) is 0 Å². The molecule has 8 heteroatoms. The Bertz CT molecular complexity index is 602. The van der Waals surface area contributed by atoms with Crippen molar-refractivity contribution in [1.82, 2.24) is 20.9 Å². The van der Waals surface area contributed by atoms with Gasteiger partial charge in [-0.15, -0.1) is 0 Å². The van der Waals surface area contributed by atoms with Gasteiger partial charge in [0, 0.05) is 39.3 Å². The number of nitrogens with one attached hydrogen (secondary N) is 3. The third kappa shape index (κ3) is 4.50. The minimum absolute atomic E-state index is 0.328. The molecule has 2 aliphatic rings. The summed E-state index contributed by atoms with van der Waals surface area (Å²) in [6.07, 6.45) is -3.87. The van der Waals surface area contributed by atoms with E-state index in [4.69, 9.17) is 0 Å². The van der Waals surface area contributed by atoms with Crippen LogP contribution in [0.15, 0.2) is 24.3 Å². The maximum atomic E-state index is 13.4. The summed E-state index contributed by atoms with van der Waals surface area (Å²) in [5.74, 6) is -0.376. The Labute approximate surface area is 145 Å². The van der Waals surface area contributed by atoms with Crippen LogP contribution >= 0.6 is 0 Å². The van der Waals surface area contributed by atoms with Gasteiger partial charge in [-0.1, -0.05) is 24.3 Å². The van der Waals surface area contributed by atoms with Crippen molar-refractivity contribution >= 4 is 5.91 Å². The maximum absolute atomic E-state index is 13.4. The molecule has 3 N–H and O–H groups in total. The second-order valence-electron chi connectivity index (χ2n) is 6.49. The van der Waals surface area contributed by atoms with Crippen molar-refractivity contribution in [2.24, 2.45) is 0 Å². The van der Waals surface area contributed by atoms with E-state index in [9.17, 15) is 18.0 Å². The van der Waals surface area contributed by atoms with E-state index in [1.165, 1.54) is 4.90 Å². The SMILES string of the molecule is O=C(NCC(N1CCNCC1)C(F)(F)F)C1Cc2ccccc2CN1. The Hall–Kier alpha value is -1.64. The molecule has 0 spiro atoms. The first-order chi connectivity index (χ1) is 11.9. The van der Waals surface area contributed by atoms with Crippen LogP contribution < -0.4 is 16.0 Å². The number of carbonyl (C=O) groups is 1. The lowest BCUT2D eigenvalue weighted by Gasteiger charge is -2.36. The van der Waals surface area contributed by atoms with E-state index in [0.29, 0.717) is 39.1 Å². The van der Waals surface area contributed by atoms with Crippen molar-refractivity contribution in [1.29, 1.82) is 0 Å². The quantitative estimate of drug-likeness (QED) is 0.742. The van der Waals surface area contributed by atoms with Crippen LogP contribution in [0.25, 0.3) is 0 Å². The summed E-state index contributed by atoms with van der Waals surface area (Å²) in [5, 5.41) is 8.64. The summed E-state index contributed by atoms with van der Waals surface area (Å²) in [7, 11) is 0. The van der Waals surface area contributed by atoms with E-state index in [-0.39, 0.29) is 5.91 Å². The van der Waals surface area contributed by atoms with Gasteiger partial charge in [0.2, 0.25) is 5.91 Å². The van der Waals surface area contributed by atoms with Crippen molar-refractivity contribution in [2.75, 3.05) is 32.7 Å². The highest BCUT2D eigenvalue weighted by atomic mass is 19.4. The molecular formula is C17H23F3N4O. The van der Waals surface area contributed by atoms with Crippen LogP contribution in [0.1, 0.15) is 11.1 Å². The lowest BCUT2D eigenvalue weighted by Crippen LogP contribution is -2.59. The molecule has 0 radical (unpaired) electrons. The molecule has 0 aliphatic carbocycles. The Morgan fingerprint density at radius 3 is 2.60 bits per heavy atom. The molecule has 1 fully saturated rings. The van der Waals surface area contributed by atoms with Gasteiger partial charge in [-0.3, -0.25) is 9.69 Å². The summed E-state index contributed by atoms with van der Waals surface area (Å²) in [5.41, 5.74) is 2.19. The maximum Gasteiger partial charge on any atom is 0.405 e. The monoisotopic (exact) mass is 356 g/mol. The van der Waals surface area contributed by atoms with Crippen molar-refractivity contribution in [3.63, 3.8) is 0 Å². The molecule has 2 heterocycles. The molecule has 1 saturated heterocycles. The molecular weight excluding hydrogens is 333 g/mol. The number of fused-ring (bicyclic) bond motifs is 1. The Kier molecular flexibility index (Phi) is 5.61. The van der Waals surface area contributed by atoms with Gasteiger partial charge >= 0.3 is 6.18 Å². The topological polar surface area (TPSA) is 56.4 Å². The van der Waals surface area contributed by atoms with Gasteiger partial charge in [-0.2, -0.15) is 13.2 Å². The fourth-order valence-electron chi connectivity index (χ4n) is 3.41. The molecule has 2 atom stereocenters. The van der Waals surface area contributed by atoms with Crippen molar-refractivity contribution in [3.8, 4) is 0 Å². The zero-order chi connectivity index (χ0) is 17.9. The van der Waals surface area contributed by atoms with Gasteiger partial charge in [0.05, 0.1) is 6.04 Å². The first kappa shape index (κ1) is 18.2. The third-order valence-corrected chi connectivity index (χ3v) is 4.84. The fraction of sp³-hybridized carbons (Fsp3) is 0.588. The molecule has 0 aromatic heterocycles. The number of hydrogen-bond acceptors (Lipinski definition) is 4. The first-order valence-corrected chi connectivity index (χ1v) is 8.54. The van der Waals surface area contributed by atoms with Crippen LogP contribution in [0.2, 0.25) is 0 Å². The largest absolute Gasteiger partial charge is 0.405 e. The highest BCUT2D eigenvalue weighted by molar-refractivity contribution is 5.82. The normalized spacial score (nSPS) is 22.9. The van der Waals surface area contributed by atoms with E-state index >= 15 is 0 Å². The highest BCUT2D eigenvalue weighted by Crippen LogP contribution is 2.25. The van der Waals surface area contributed by atoms with Crippen LogP contribution in [0.5, 0.6) is 0 Å². The molecule has 2 aliphatic heterocycles. The molecule has 25 heavy (non-hydrogen) atoms. The zero-order valence-electron chi connectivity index (χ0n) is 13.9. The molecule has 1 amide bonds. The molecule has 0 saturated carbocycles. The number of benzene rings is 1. The Balaban J connectivity index is 1.58. The predicted molar refractivity (Wildman–Crippen MR) is 88.1 cm³/mol. The van der Waals surface area contributed by atoms with E-state index < -0.39 is 24.8 Å². The zero-order valence-corrected chi connectivity index (χ0v) is 13.9. The summed E-state index contributed by atoms with van der Waals surface area (Å²) in [6, 6.07) is 5.64. The van der Waals surface area contributed by atoms with E-state index in [1.54, 1.807) is 0 Å². The molecule has 1 aromatic rings. The van der Waals surface area contributed by atoms with Gasteiger partial charge in [0.1, 0.15) is 6.04 Å². The second kappa shape index (κ2) is 7.72. The Morgan fingerprint density at radius 1 is 1.24 bits per heavy atom. The number of piperazine rings is 1. The summed E-state index contributed by atoms with van der Waals surface area (Å²) < 4.78 is 40.1. The third-order valence-electron chi connectivity index (χ3n) is 4.84. The number of alkyl halides is 3. The smallest absolute Gasteiger partial charge is 0.353 e. The minimum atomic E-state index is -4.36. The van der Waals surface area contributed by atoms with Crippen molar-refractivity contribution < 1.29 is 18.0 Å². The summed E-state index contributed by atoms with van der Waals surface area (Å²) in [6.45, 7) is 1.85. The number of amides is 1. The van der Waals surface area contributed by atoms with Crippen molar-refractivity contribution in [3.05, 3.63) is 35.4 Å². The number of hydrogen-bond donors (Lipinski definition) is 3. The highest BCUT2D eigenvalue weighted by Gasteiger charge is 2.44. The number of carbonyl (C=O) groups excluding carboxylic acids is 1.